The lowest BCUT2D eigenvalue weighted by atomic mass is 10.2. The van der Waals surface area contributed by atoms with Crippen molar-refractivity contribution in [2.24, 2.45) is 0 Å². The number of benzene rings is 2. The van der Waals surface area contributed by atoms with Crippen molar-refractivity contribution in [2.45, 2.75) is 6.92 Å². The zero-order valence-electron chi connectivity index (χ0n) is 14.2. The van der Waals surface area contributed by atoms with E-state index in [-0.39, 0.29) is 5.75 Å². The fourth-order valence-corrected chi connectivity index (χ4v) is 3.51. The summed E-state index contributed by atoms with van der Waals surface area (Å²) in [5.41, 5.74) is 2.77. The van der Waals surface area contributed by atoms with E-state index >= 15 is 0 Å². The van der Waals surface area contributed by atoms with Crippen molar-refractivity contribution < 1.29 is 5.11 Å². The Kier molecular flexibility index (Phi) is 4.37. The maximum Gasteiger partial charge on any atom is 0.175 e. The highest BCUT2D eigenvalue weighted by atomic mass is 32.1. The quantitative estimate of drug-likeness (QED) is 0.546. The number of phenolic OH excluding ortho intramolecular Hbond substituents is 1. The molecule has 2 heterocycles. The first-order valence-electron chi connectivity index (χ1n) is 8.25. The van der Waals surface area contributed by atoms with Crippen molar-refractivity contribution in [1.82, 2.24) is 14.8 Å². The van der Waals surface area contributed by atoms with Crippen molar-refractivity contribution in [3.8, 4) is 22.8 Å². The van der Waals surface area contributed by atoms with Gasteiger partial charge in [0.1, 0.15) is 5.75 Å². The molecule has 2 aromatic carbocycles. The second-order valence-electron chi connectivity index (χ2n) is 5.86. The Labute approximate surface area is 155 Å². The molecule has 1 N–H and O–H groups in total. The Bertz CT molecular complexity index is 1060. The van der Waals surface area contributed by atoms with Crippen LogP contribution in [0, 0.1) is 6.92 Å². The highest BCUT2D eigenvalue weighted by molar-refractivity contribution is 7.11. The van der Waals surface area contributed by atoms with Gasteiger partial charge in [0.05, 0.1) is 11.3 Å². The maximum atomic E-state index is 10.3. The van der Waals surface area contributed by atoms with Crippen LogP contribution in [0.2, 0.25) is 0 Å². The summed E-state index contributed by atoms with van der Waals surface area (Å²) in [5, 5.41) is 17.0. The lowest BCUT2D eigenvalue weighted by Gasteiger charge is -2.06. The molecule has 4 aromatic rings. The Morgan fingerprint density at radius 3 is 2.46 bits per heavy atom. The van der Waals surface area contributed by atoms with Crippen LogP contribution in [0.1, 0.15) is 16.3 Å². The van der Waals surface area contributed by atoms with E-state index in [2.05, 4.69) is 28.5 Å². The van der Waals surface area contributed by atoms with Crippen molar-refractivity contribution in [3.05, 3.63) is 82.3 Å². The fraction of sp³-hybridized carbons (Fsp3) is 0.0476. The number of hydrogen-bond acceptors (Lipinski definition) is 4. The number of para-hydroxylation sites is 2. The summed E-state index contributed by atoms with van der Waals surface area (Å²) in [4.78, 5) is 5.84. The van der Waals surface area contributed by atoms with Gasteiger partial charge >= 0.3 is 0 Å². The van der Waals surface area contributed by atoms with Crippen LogP contribution >= 0.6 is 11.3 Å². The first-order chi connectivity index (χ1) is 12.7. The second kappa shape index (κ2) is 6.98. The Morgan fingerprint density at radius 1 is 0.962 bits per heavy atom. The summed E-state index contributed by atoms with van der Waals surface area (Å²) in [7, 11) is 0. The Morgan fingerprint density at radius 2 is 1.73 bits per heavy atom. The monoisotopic (exact) mass is 359 g/mol. The average molecular weight is 359 g/mol. The summed E-state index contributed by atoms with van der Waals surface area (Å²) in [6.07, 6.45) is 3.93. The van der Waals surface area contributed by atoms with E-state index in [9.17, 15) is 5.11 Å². The number of phenols is 1. The zero-order valence-corrected chi connectivity index (χ0v) is 15.0. The van der Waals surface area contributed by atoms with Crippen LogP contribution in [-0.2, 0) is 0 Å². The smallest absolute Gasteiger partial charge is 0.175 e. The number of thiophene rings is 1. The molecule has 0 fully saturated rings. The molecule has 0 saturated carbocycles. The van der Waals surface area contributed by atoms with Gasteiger partial charge in [0.15, 0.2) is 11.6 Å². The minimum absolute atomic E-state index is 0.182. The molecule has 0 spiro atoms. The lowest BCUT2D eigenvalue weighted by molar-refractivity contribution is 0.476. The third-order valence-electron chi connectivity index (χ3n) is 4.05. The normalized spacial score (nSPS) is 11.3. The van der Waals surface area contributed by atoms with Gasteiger partial charge in [-0.25, -0.2) is 9.67 Å². The topological polar surface area (TPSA) is 50.9 Å². The second-order valence-corrected chi connectivity index (χ2v) is 6.81. The first-order valence-corrected chi connectivity index (χ1v) is 9.13. The molecule has 128 valence electrons. The van der Waals surface area contributed by atoms with Crippen LogP contribution < -0.4 is 0 Å². The van der Waals surface area contributed by atoms with E-state index in [0.29, 0.717) is 17.2 Å². The third kappa shape index (κ3) is 3.17. The van der Waals surface area contributed by atoms with Gasteiger partial charge in [0.25, 0.3) is 0 Å². The molecule has 4 nitrogen and oxygen atoms in total. The molecular weight excluding hydrogens is 342 g/mol. The predicted octanol–water partition coefficient (Wildman–Crippen LogP) is 5.18. The number of hydrogen-bond donors (Lipinski definition) is 1. The SMILES string of the molecule is Cc1ccsc1C=Cc1nc(-c2ccccc2O)n(-c2ccccc2)n1. The molecule has 0 unspecified atom stereocenters. The molecule has 26 heavy (non-hydrogen) atoms. The first kappa shape index (κ1) is 16.3. The summed E-state index contributed by atoms with van der Waals surface area (Å²) < 4.78 is 1.76. The van der Waals surface area contributed by atoms with Crippen molar-refractivity contribution in [1.29, 1.82) is 0 Å². The molecule has 0 atom stereocenters. The van der Waals surface area contributed by atoms with Crippen molar-refractivity contribution in [2.75, 3.05) is 0 Å². The van der Waals surface area contributed by atoms with Gasteiger partial charge in [-0.2, -0.15) is 0 Å². The standard InChI is InChI=1S/C21H17N3OS/c1-15-13-14-26-19(15)11-12-20-22-21(17-9-5-6-10-18(17)25)24(23-20)16-7-3-2-4-8-16/h2-14,25H,1H3. The van der Waals surface area contributed by atoms with Gasteiger partial charge in [0, 0.05) is 4.88 Å². The fourth-order valence-electron chi connectivity index (χ4n) is 2.69. The number of nitrogens with zero attached hydrogens (tertiary/aromatic N) is 3. The molecule has 0 aliphatic carbocycles. The van der Waals surface area contributed by atoms with Crippen LogP contribution in [-0.4, -0.2) is 19.9 Å². The van der Waals surface area contributed by atoms with Crippen LogP contribution in [0.3, 0.4) is 0 Å². The van der Waals surface area contributed by atoms with Gasteiger partial charge in [-0.05, 0) is 60.4 Å². The van der Waals surface area contributed by atoms with Gasteiger partial charge in [-0.3, -0.25) is 0 Å². The van der Waals surface area contributed by atoms with E-state index in [0.717, 1.165) is 5.69 Å². The Balaban J connectivity index is 1.82. The van der Waals surface area contributed by atoms with Crippen LogP contribution in [0.4, 0.5) is 0 Å². The van der Waals surface area contributed by atoms with E-state index < -0.39 is 0 Å². The zero-order chi connectivity index (χ0) is 17.9. The molecule has 0 aliphatic rings. The largest absolute Gasteiger partial charge is 0.507 e. The van der Waals surface area contributed by atoms with E-state index in [1.54, 1.807) is 28.2 Å². The number of aromatic nitrogens is 3. The Hall–Kier alpha value is -3.18. The minimum atomic E-state index is 0.182. The van der Waals surface area contributed by atoms with Crippen molar-refractivity contribution >= 4 is 23.5 Å². The van der Waals surface area contributed by atoms with Crippen LogP contribution in [0.15, 0.2) is 66.0 Å². The summed E-state index contributed by atoms with van der Waals surface area (Å²) in [5.74, 6) is 1.39. The third-order valence-corrected chi connectivity index (χ3v) is 5.04. The van der Waals surface area contributed by atoms with Gasteiger partial charge in [0.2, 0.25) is 0 Å². The molecule has 4 rings (SSSR count). The van der Waals surface area contributed by atoms with Crippen LogP contribution in [0.5, 0.6) is 5.75 Å². The van der Waals surface area contributed by atoms with Gasteiger partial charge in [-0.15, -0.1) is 16.4 Å². The molecule has 5 heteroatoms. The number of aryl methyl sites for hydroxylation is 1. The number of rotatable bonds is 4. The van der Waals surface area contributed by atoms with E-state index in [4.69, 9.17) is 0 Å². The van der Waals surface area contributed by atoms with Crippen molar-refractivity contribution in [3.63, 3.8) is 0 Å². The van der Waals surface area contributed by atoms with E-state index in [1.807, 2.05) is 54.6 Å². The highest BCUT2D eigenvalue weighted by Crippen LogP contribution is 2.29. The van der Waals surface area contributed by atoms with Gasteiger partial charge < -0.3 is 5.11 Å². The highest BCUT2D eigenvalue weighted by Gasteiger charge is 2.15. The molecule has 0 radical (unpaired) electrons. The lowest BCUT2D eigenvalue weighted by Crippen LogP contribution is -1.99. The number of aromatic hydroxyl groups is 1. The summed E-state index contributed by atoms with van der Waals surface area (Å²) >= 11 is 1.69. The summed E-state index contributed by atoms with van der Waals surface area (Å²) in [6, 6.07) is 19.1. The molecule has 0 bridgehead atoms. The van der Waals surface area contributed by atoms with E-state index in [1.165, 1.54) is 10.4 Å². The molecule has 0 amide bonds. The minimum Gasteiger partial charge on any atom is -0.507 e. The van der Waals surface area contributed by atoms with Gasteiger partial charge in [-0.1, -0.05) is 30.3 Å². The molecule has 0 aliphatic heterocycles. The predicted molar refractivity (Wildman–Crippen MR) is 106 cm³/mol. The summed E-state index contributed by atoms with van der Waals surface area (Å²) in [6.45, 7) is 2.08. The van der Waals surface area contributed by atoms with Crippen LogP contribution in [0.25, 0.3) is 29.2 Å². The molecular formula is C21H17N3OS. The molecule has 2 aromatic heterocycles. The molecule has 0 saturated heterocycles. The maximum absolute atomic E-state index is 10.3. The average Bonchev–Trinajstić information content (AvgIpc) is 3.27.